The minimum absolute atomic E-state index is 0.0641. The van der Waals surface area contributed by atoms with Gasteiger partial charge in [0.25, 0.3) is 0 Å². The van der Waals surface area contributed by atoms with E-state index in [0.29, 0.717) is 0 Å². The molecule has 0 amide bonds. The summed E-state index contributed by atoms with van der Waals surface area (Å²) in [6, 6.07) is 0. The van der Waals surface area contributed by atoms with Gasteiger partial charge in [-0.25, -0.2) is 0 Å². The molecule has 0 aromatic heterocycles. The van der Waals surface area contributed by atoms with Crippen LogP contribution in [0.15, 0.2) is 11.6 Å². The van der Waals surface area contributed by atoms with Crippen LogP contribution in [0.25, 0.3) is 0 Å². The molecule has 0 unspecified atom stereocenters. The Hall–Kier alpha value is -0.790. The van der Waals surface area contributed by atoms with E-state index in [1.807, 2.05) is 33.8 Å². The lowest BCUT2D eigenvalue weighted by Gasteiger charge is -2.19. The highest BCUT2D eigenvalue weighted by Crippen LogP contribution is 2.39. The second-order valence-corrected chi connectivity index (χ2v) is 4.15. The van der Waals surface area contributed by atoms with E-state index in [4.69, 9.17) is 4.74 Å². The molecule has 2 heteroatoms. The van der Waals surface area contributed by atoms with Gasteiger partial charge < -0.3 is 4.74 Å². The molecule has 1 fully saturated rings. The maximum Gasteiger partial charge on any atom is 0.313 e. The van der Waals surface area contributed by atoms with E-state index in [1.165, 1.54) is 5.57 Å². The molecule has 0 N–H and O–H groups in total. The molecule has 0 radical (unpaired) electrons. The Morgan fingerprint density at radius 2 is 2.17 bits per heavy atom. The van der Waals surface area contributed by atoms with Gasteiger partial charge in [-0.05, 0) is 34.1 Å². The summed E-state index contributed by atoms with van der Waals surface area (Å²) in [5.41, 5.74) is 0.864. The van der Waals surface area contributed by atoms with Crippen LogP contribution in [0.2, 0.25) is 0 Å². The van der Waals surface area contributed by atoms with Crippen molar-refractivity contribution in [1.29, 1.82) is 0 Å². The van der Waals surface area contributed by atoms with Gasteiger partial charge in [0.1, 0.15) is 5.60 Å². The highest BCUT2D eigenvalue weighted by Gasteiger charge is 2.38. The van der Waals surface area contributed by atoms with Gasteiger partial charge in [0.15, 0.2) is 0 Å². The summed E-state index contributed by atoms with van der Waals surface area (Å²) in [5.74, 6) is -0.00942. The molecule has 1 saturated carbocycles. The van der Waals surface area contributed by atoms with Gasteiger partial charge in [-0.1, -0.05) is 11.6 Å². The summed E-state index contributed by atoms with van der Waals surface area (Å²) in [7, 11) is 0. The number of carbonyl (C=O) groups is 1. The first-order valence-electron chi connectivity index (χ1n) is 4.32. The average molecular weight is 168 g/mol. The number of hydrogen-bond acceptors (Lipinski definition) is 2. The van der Waals surface area contributed by atoms with Gasteiger partial charge >= 0.3 is 5.97 Å². The lowest BCUT2D eigenvalue weighted by molar-refractivity contribution is -0.155. The third-order valence-corrected chi connectivity index (χ3v) is 1.79. The Kier molecular flexibility index (Phi) is 2.27. The van der Waals surface area contributed by atoms with Crippen LogP contribution >= 0.6 is 0 Å². The summed E-state index contributed by atoms with van der Waals surface area (Å²) < 4.78 is 5.21. The maximum atomic E-state index is 11.3. The molecular weight excluding hydrogens is 152 g/mol. The van der Waals surface area contributed by atoms with E-state index in [2.05, 4.69) is 0 Å². The van der Waals surface area contributed by atoms with E-state index >= 15 is 0 Å². The van der Waals surface area contributed by atoms with Crippen molar-refractivity contribution in [2.45, 2.75) is 39.7 Å². The molecule has 2 nitrogen and oxygen atoms in total. The summed E-state index contributed by atoms with van der Waals surface area (Å²) in [6.45, 7) is 7.63. The topological polar surface area (TPSA) is 26.3 Å². The van der Waals surface area contributed by atoms with Crippen molar-refractivity contribution in [3.05, 3.63) is 11.6 Å². The number of esters is 1. The normalized spacial score (nSPS) is 25.7. The monoisotopic (exact) mass is 168 g/mol. The highest BCUT2D eigenvalue weighted by atomic mass is 16.6. The number of carbonyl (C=O) groups excluding carboxylic acids is 1. The largest absolute Gasteiger partial charge is 0.459 e. The van der Waals surface area contributed by atoms with E-state index in [9.17, 15) is 4.79 Å². The van der Waals surface area contributed by atoms with E-state index in [0.717, 1.165) is 6.42 Å². The Morgan fingerprint density at radius 1 is 1.58 bits per heavy atom. The SMILES string of the molecule is C/C=C1/C[C@@H]1C(=O)OC(C)(C)C. The lowest BCUT2D eigenvalue weighted by atomic mass is 10.2. The van der Waals surface area contributed by atoms with Crippen molar-refractivity contribution in [3.8, 4) is 0 Å². The zero-order valence-electron chi connectivity index (χ0n) is 8.18. The zero-order valence-corrected chi connectivity index (χ0v) is 8.18. The van der Waals surface area contributed by atoms with E-state index in [-0.39, 0.29) is 17.5 Å². The minimum Gasteiger partial charge on any atom is -0.459 e. The number of ether oxygens (including phenoxy) is 1. The fraction of sp³-hybridized carbons (Fsp3) is 0.700. The minimum atomic E-state index is -0.349. The van der Waals surface area contributed by atoms with Gasteiger partial charge in [0.2, 0.25) is 0 Å². The average Bonchev–Trinajstić information content (AvgIpc) is 2.60. The standard InChI is InChI=1S/C10H16O2/c1-5-7-6-8(7)9(11)12-10(2,3)4/h5,8H,6H2,1-4H3/b7-5-/t8-/m0/s1. The molecule has 0 aromatic carbocycles. The number of hydrogen-bond donors (Lipinski definition) is 0. The van der Waals surface area contributed by atoms with Gasteiger partial charge in [-0.3, -0.25) is 4.79 Å². The predicted octanol–water partition coefficient (Wildman–Crippen LogP) is 2.29. The first-order chi connectivity index (χ1) is 5.44. The zero-order chi connectivity index (χ0) is 9.35. The van der Waals surface area contributed by atoms with E-state index in [1.54, 1.807) is 0 Å². The van der Waals surface area contributed by atoms with Crippen LogP contribution in [-0.2, 0) is 9.53 Å². The van der Waals surface area contributed by atoms with Gasteiger partial charge in [0.05, 0.1) is 5.92 Å². The Bertz CT molecular complexity index is 220. The number of rotatable bonds is 1. The molecule has 0 aliphatic heterocycles. The summed E-state index contributed by atoms with van der Waals surface area (Å²) >= 11 is 0. The van der Waals surface area contributed by atoms with Crippen LogP contribution in [-0.4, -0.2) is 11.6 Å². The third-order valence-electron chi connectivity index (χ3n) is 1.79. The van der Waals surface area contributed by atoms with E-state index < -0.39 is 0 Å². The highest BCUT2D eigenvalue weighted by molar-refractivity contribution is 5.81. The molecule has 1 aliphatic rings. The predicted molar refractivity (Wildman–Crippen MR) is 47.7 cm³/mol. The summed E-state index contributed by atoms with van der Waals surface area (Å²) in [6.07, 6.45) is 2.89. The lowest BCUT2D eigenvalue weighted by Crippen LogP contribution is -2.24. The van der Waals surface area contributed by atoms with Crippen molar-refractivity contribution >= 4 is 5.97 Å². The molecule has 0 bridgehead atoms. The Labute approximate surface area is 73.6 Å². The summed E-state index contributed by atoms with van der Waals surface area (Å²) in [5, 5.41) is 0. The van der Waals surface area contributed by atoms with Gasteiger partial charge in [0, 0.05) is 0 Å². The quantitative estimate of drug-likeness (QED) is 0.443. The van der Waals surface area contributed by atoms with Crippen LogP contribution in [0.5, 0.6) is 0 Å². The molecule has 1 rings (SSSR count). The third kappa shape index (κ3) is 2.36. The van der Waals surface area contributed by atoms with Crippen LogP contribution in [0.1, 0.15) is 34.1 Å². The first kappa shape index (κ1) is 9.30. The second kappa shape index (κ2) is 2.92. The molecule has 0 saturated heterocycles. The van der Waals surface area contributed by atoms with Crippen molar-refractivity contribution in [3.63, 3.8) is 0 Å². The van der Waals surface area contributed by atoms with Crippen LogP contribution in [0.4, 0.5) is 0 Å². The van der Waals surface area contributed by atoms with Crippen molar-refractivity contribution in [1.82, 2.24) is 0 Å². The van der Waals surface area contributed by atoms with Crippen LogP contribution < -0.4 is 0 Å². The molecule has 12 heavy (non-hydrogen) atoms. The fourth-order valence-electron chi connectivity index (χ4n) is 1.10. The second-order valence-electron chi connectivity index (χ2n) is 4.15. The van der Waals surface area contributed by atoms with Gasteiger partial charge in [-0.15, -0.1) is 0 Å². The molecular formula is C10H16O2. The Balaban J connectivity index is 2.42. The molecule has 68 valence electrons. The van der Waals surface area contributed by atoms with Gasteiger partial charge in [-0.2, -0.15) is 0 Å². The molecule has 0 heterocycles. The van der Waals surface area contributed by atoms with Crippen molar-refractivity contribution < 1.29 is 9.53 Å². The first-order valence-corrected chi connectivity index (χ1v) is 4.32. The molecule has 0 aromatic rings. The van der Waals surface area contributed by atoms with Crippen molar-refractivity contribution in [2.24, 2.45) is 5.92 Å². The molecule has 1 aliphatic carbocycles. The maximum absolute atomic E-state index is 11.3. The van der Waals surface area contributed by atoms with Crippen LogP contribution in [0.3, 0.4) is 0 Å². The smallest absolute Gasteiger partial charge is 0.313 e. The molecule has 1 atom stereocenters. The van der Waals surface area contributed by atoms with Crippen LogP contribution in [0, 0.1) is 5.92 Å². The molecule has 0 spiro atoms. The fourth-order valence-corrected chi connectivity index (χ4v) is 1.10. The number of allylic oxidation sites excluding steroid dienone is 1. The Morgan fingerprint density at radius 3 is 2.50 bits per heavy atom. The van der Waals surface area contributed by atoms with Crippen molar-refractivity contribution in [2.75, 3.05) is 0 Å². The summed E-state index contributed by atoms with van der Waals surface area (Å²) in [4.78, 5) is 11.3.